The molecule has 0 radical (unpaired) electrons. The average molecular weight is 254 g/mol. The first-order valence-corrected chi connectivity index (χ1v) is 7.37. The van der Waals surface area contributed by atoms with Crippen molar-refractivity contribution in [1.82, 2.24) is 9.88 Å². The molecule has 1 aromatic heterocycles. The maximum absolute atomic E-state index is 4.55. The first-order chi connectivity index (χ1) is 9.34. The van der Waals surface area contributed by atoms with E-state index < -0.39 is 0 Å². The second-order valence-corrected chi connectivity index (χ2v) is 5.70. The van der Waals surface area contributed by atoms with Crippen molar-refractivity contribution in [3.8, 4) is 0 Å². The largest absolute Gasteiger partial charge is 0.299 e. The monoisotopic (exact) mass is 254 g/mol. The number of aromatic nitrogens is 1. The molecule has 1 saturated carbocycles. The molecule has 0 spiro atoms. The normalized spacial score (nSPS) is 17.2. The molecule has 100 valence electrons. The Morgan fingerprint density at radius 3 is 2.74 bits per heavy atom. The van der Waals surface area contributed by atoms with E-state index in [1.807, 2.05) is 12.3 Å². The maximum atomic E-state index is 4.55. The van der Waals surface area contributed by atoms with Crippen molar-refractivity contribution in [1.29, 1.82) is 0 Å². The summed E-state index contributed by atoms with van der Waals surface area (Å²) in [4.78, 5) is 7.07. The number of hydrogen-bond donors (Lipinski definition) is 0. The van der Waals surface area contributed by atoms with Gasteiger partial charge in [0, 0.05) is 24.2 Å². The van der Waals surface area contributed by atoms with Gasteiger partial charge in [0.25, 0.3) is 0 Å². The lowest BCUT2D eigenvalue weighted by Crippen LogP contribution is -2.32. The second kappa shape index (κ2) is 5.70. The Balaban J connectivity index is 1.80. The fourth-order valence-corrected chi connectivity index (χ4v) is 3.21. The number of hydrogen-bond acceptors (Lipinski definition) is 2. The van der Waals surface area contributed by atoms with Gasteiger partial charge in [-0.05, 0) is 31.5 Å². The minimum Gasteiger partial charge on any atom is -0.299 e. The molecule has 0 amide bonds. The smallest absolute Gasteiger partial charge is 0.0746 e. The number of pyridine rings is 1. The van der Waals surface area contributed by atoms with Gasteiger partial charge in [-0.3, -0.25) is 9.88 Å². The van der Waals surface area contributed by atoms with Crippen LogP contribution in [-0.4, -0.2) is 23.0 Å². The molecule has 1 aliphatic carbocycles. The molecule has 19 heavy (non-hydrogen) atoms. The topological polar surface area (TPSA) is 16.1 Å². The lowest BCUT2D eigenvalue weighted by molar-refractivity contribution is 0.185. The Morgan fingerprint density at radius 2 is 1.89 bits per heavy atom. The minimum atomic E-state index is 0.757. The molecule has 1 aromatic carbocycles. The van der Waals surface area contributed by atoms with Gasteiger partial charge >= 0.3 is 0 Å². The van der Waals surface area contributed by atoms with E-state index in [1.54, 1.807) is 0 Å². The average Bonchev–Trinajstić information content (AvgIpc) is 2.48. The van der Waals surface area contributed by atoms with Crippen molar-refractivity contribution in [2.75, 3.05) is 7.05 Å². The van der Waals surface area contributed by atoms with E-state index in [-0.39, 0.29) is 0 Å². The van der Waals surface area contributed by atoms with Crippen LogP contribution in [0.15, 0.2) is 36.5 Å². The van der Waals surface area contributed by atoms with Crippen LogP contribution in [0.25, 0.3) is 10.9 Å². The van der Waals surface area contributed by atoms with Gasteiger partial charge < -0.3 is 0 Å². The summed E-state index contributed by atoms with van der Waals surface area (Å²) in [5, 5.41) is 1.25. The first kappa shape index (κ1) is 12.6. The summed E-state index contributed by atoms with van der Waals surface area (Å²) in [5.74, 6) is 0. The van der Waals surface area contributed by atoms with Gasteiger partial charge in [-0.2, -0.15) is 0 Å². The van der Waals surface area contributed by atoms with E-state index in [9.17, 15) is 0 Å². The van der Waals surface area contributed by atoms with Crippen molar-refractivity contribution in [3.05, 3.63) is 42.1 Å². The Morgan fingerprint density at radius 1 is 1.11 bits per heavy atom. The van der Waals surface area contributed by atoms with Gasteiger partial charge in [-0.15, -0.1) is 0 Å². The fraction of sp³-hybridized carbons (Fsp3) is 0.471. The van der Waals surface area contributed by atoms with Gasteiger partial charge in [0.1, 0.15) is 0 Å². The van der Waals surface area contributed by atoms with Crippen LogP contribution < -0.4 is 0 Å². The minimum absolute atomic E-state index is 0.757. The van der Waals surface area contributed by atoms with E-state index in [0.717, 1.165) is 18.1 Å². The van der Waals surface area contributed by atoms with Gasteiger partial charge in [-0.25, -0.2) is 0 Å². The highest BCUT2D eigenvalue weighted by atomic mass is 15.1. The summed E-state index contributed by atoms with van der Waals surface area (Å²) in [6.07, 6.45) is 8.81. The van der Waals surface area contributed by atoms with Gasteiger partial charge in [0.2, 0.25) is 0 Å². The number of fused-ring (bicyclic) bond motifs is 1. The zero-order valence-electron chi connectivity index (χ0n) is 11.7. The molecule has 1 heterocycles. The van der Waals surface area contributed by atoms with Crippen LogP contribution >= 0.6 is 0 Å². The molecular formula is C17H22N2. The maximum Gasteiger partial charge on any atom is 0.0746 e. The quantitative estimate of drug-likeness (QED) is 0.823. The Labute approximate surface area is 115 Å². The van der Waals surface area contributed by atoms with E-state index in [2.05, 4.69) is 41.2 Å². The molecular weight excluding hydrogens is 232 g/mol. The van der Waals surface area contributed by atoms with Crippen molar-refractivity contribution in [2.24, 2.45) is 0 Å². The highest BCUT2D eigenvalue weighted by molar-refractivity contribution is 5.81. The molecule has 1 fully saturated rings. The third-order valence-corrected chi connectivity index (χ3v) is 4.33. The number of benzene rings is 1. The highest BCUT2D eigenvalue weighted by Gasteiger charge is 2.18. The molecule has 2 aromatic rings. The Kier molecular flexibility index (Phi) is 3.79. The predicted molar refractivity (Wildman–Crippen MR) is 80.1 cm³/mol. The molecule has 3 rings (SSSR count). The number of nitrogens with zero attached hydrogens (tertiary/aromatic N) is 2. The third-order valence-electron chi connectivity index (χ3n) is 4.33. The predicted octanol–water partition coefficient (Wildman–Crippen LogP) is 4.00. The lowest BCUT2D eigenvalue weighted by Gasteiger charge is -2.31. The third kappa shape index (κ3) is 2.79. The van der Waals surface area contributed by atoms with Crippen molar-refractivity contribution in [3.63, 3.8) is 0 Å². The van der Waals surface area contributed by atoms with Gasteiger partial charge in [0.05, 0.1) is 5.52 Å². The molecule has 0 atom stereocenters. The molecule has 1 aliphatic rings. The van der Waals surface area contributed by atoms with E-state index >= 15 is 0 Å². The van der Waals surface area contributed by atoms with Crippen molar-refractivity contribution < 1.29 is 0 Å². The zero-order valence-corrected chi connectivity index (χ0v) is 11.7. The molecule has 2 nitrogen and oxygen atoms in total. The van der Waals surface area contributed by atoms with Crippen LogP contribution in [0.1, 0.15) is 37.7 Å². The second-order valence-electron chi connectivity index (χ2n) is 5.70. The summed E-state index contributed by atoms with van der Waals surface area (Å²) >= 11 is 0. The SMILES string of the molecule is CN(Cc1cccc2cccnc12)C1CCCCC1. The van der Waals surface area contributed by atoms with Gasteiger partial charge in [-0.1, -0.05) is 43.5 Å². The van der Waals surface area contributed by atoms with Crippen LogP contribution in [-0.2, 0) is 6.54 Å². The summed E-state index contributed by atoms with van der Waals surface area (Å²) in [6.45, 7) is 1.01. The van der Waals surface area contributed by atoms with Crippen molar-refractivity contribution in [2.45, 2.75) is 44.7 Å². The summed E-state index contributed by atoms with van der Waals surface area (Å²) in [7, 11) is 2.26. The van der Waals surface area contributed by atoms with Crippen LogP contribution in [0.2, 0.25) is 0 Å². The van der Waals surface area contributed by atoms with Crippen molar-refractivity contribution >= 4 is 10.9 Å². The lowest BCUT2D eigenvalue weighted by atomic mass is 9.94. The van der Waals surface area contributed by atoms with E-state index in [4.69, 9.17) is 0 Å². The molecule has 0 saturated heterocycles. The van der Waals surface area contributed by atoms with E-state index in [0.29, 0.717) is 0 Å². The highest BCUT2D eigenvalue weighted by Crippen LogP contribution is 2.24. The summed E-state index contributed by atoms with van der Waals surface area (Å²) < 4.78 is 0. The standard InChI is InChI=1S/C17H22N2/c1-19(16-10-3-2-4-11-16)13-15-8-5-7-14-9-6-12-18-17(14)15/h5-9,12,16H,2-4,10-11,13H2,1H3. The summed E-state index contributed by atoms with van der Waals surface area (Å²) in [6, 6.07) is 11.4. The molecule has 0 bridgehead atoms. The molecule has 0 unspecified atom stereocenters. The molecule has 2 heteroatoms. The van der Waals surface area contributed by atoms with Crippen LogP contribution in [0.4, 0.5) is 0 Å². The molecule has 0 aliphatic heterocycles. The van der Waals surface area contributed by atoms with E-state index in [1.165, 1.54) is 43.1 Å². The molecule has 0 N–H and O–H groups in total. The summed E-state index contributed by atoms with van der Waals surface area (Å²) in [5.41, 5.74) is 2.51. The Hall–Kier alpha value is -1.41. The van der Waals surface area contributed by atoms with Gasteiger partial charge in [0.15, 0.2) is 0 Å². The van der Waals surface area contributed by atoms with Crippen LogP contribution in [0, 0.1) is 0 Å². The van der Waals surface area contributed by atoms with Crippen LogP contribution in [0.5, 0.6) is 0 Å². The zero-order chi connectivity index (χ0) is 13.1. The van der Waals surface area contributed by atoms with Crippen LogP contribution in [0.3, 0.4) is 0 Å². The number of rotatable bonds is 3. The first-order valence-electron chi connectivity index (χ1n) is 7.37. The number of para-hydroxylation sites is 1. The Bertz CT molecular complexity index is 538. The fourth-order valence-electron chi connectivity index (χ4n) is 3.21.